The van der Waals surface area contributed by atoms with Crippen molar-refractivity contribution in [3.05, 3.63) is 48.0 Å². The average Bonchev–Trinajstić information content (AvgIpc) is 2.46. The molecule has 2 aromatic carbocycles. The Morgan fingerprint density at radius 3 is 2.57 bits per heavy atom. The van der Waals surface area contributed by atoms with Crippen molar-refractivity contribution in [2.75, 3.05) is 13.7 Å². The molecular formula is C16H17NO4. The SMILES string of the molecule is COCC(=O)N[C@@H](Cc1ccc2ccccc2c1)C(=O)O. The molecule has 1 atom stereocenters. The van der Waals surface area contributed by atoms with Gasteiger partial charge < -0.3 is 15.2 Å². The van der Waals surface area contributed by atoms with Gasteiger partial charge in [-0.1, -0.05) is 42.5 Å². The van der Waals surface area contributed by atoms with Crippen LogP contribution < -0.4 is 5.32 Å². The molecule has 2 rings (SSSR count). The maximum Gasteiger partial charge on any atom is 0.326 e. The van der Waals surface area contributed by atoms with Crippen molar-refractivity contribution in [1.82, 2.24) is 5.32 Å². The van der Waals surface area contributed by atoms with E-state index < -0.39 is 17.9 Å². The summed E-state index contributed by atoms with van der Waals surface area (Å²) >= 11 is 0. The second kappa shape index (κ2) is 6.85. The summed E-state index contributed by atoms with van der Waals surface area (Å²) in [4.78, 5) is 22.7. The highest BCUT2D eigenvalue weighted by Gasteiger charge is 2.20. The Morgan fingerprint density at radius 2 is 1.90 bits per heavy atom. The quantitative estimate of drug-likeness (QED) is 0.846. The number of carboxylic acids is 1. The summed E-state index contributed by atoms with van der Waals surface area (Å²) in [5.41, 5.74) is 0.860. The van der Waals surface area contributed by atoms with Crippen LogP contribution in [0.5, 0.6) is 0 Å². The number of benzene rings is 2. The molecular weight excluding hydrogens is 270 g/mol. The van der Waals surface area contributed by atoms with Crippen molar-refractivity contribution in [1.29, 1.82) is 0 Å². The Labute approximate surface area is 122 Å². The highest BCUT2D eigenvalue weighted by molar-refractivity contribution is 5.85. The summed E-state index contributed by atoms with van der Waals surface area (Å²) in [6.45, 7) is -0.151. The molecule has 5 nitrogen and oxygen atoms in total. The third-order valence-corrected chi connectivity index (χ3v) is 3.16. The van der Waals surface area contributed by atoms with Crippen LogP contribution in [0.4, 0.5) is 0 Å². The van der Waals surface area contributed by atoms with E-state index in [1.807, 2.05) is 42.5 Å². The Morgan fingerprint density at radius 1 is 1.19 bits per heavy atom. The van der Waals surface area contributed by atoms with Crippen LogP contribution in [0.25, 0.3) is 10.8 Å². The molecule has 0 aliphatic rings. The van der Waals surface area contributed by atoms with Gasteiger partial charge in [0.2, 0.25) is 5.91 Å². The van der Waals surface area contributed by atoms with Gasteiger partial charge in [-0.3, -0.25) is 4.79 Å². The fraction of sp³-hybridized carbons (Fsp3) is 0.250. The zero-order valence-corrected chi connectivity index (χ0v) is 11.7. The molecule has 21 heavy (non-hydrogen) atoms. The van der Waals surface area contributed by atoms with Gasteiger partial charge in [-0.05, 0) is 16.3 Å². The molecule has 0 aliphatic heterocycles. The summed E-state index contributed by atoms with van der Waals surface area (Å²) in [5, 5.41) is 13.8. The van der Waals surface area contributed by atoms with Crippen LogP contribution in [-0.4, -0.2) is 36.7 Å². The number of methoxy groups -OCH3 is 1. The fourth-order valence-corrected chi connectivity index (χ4v) is 2.17. The molecule has 0 heterocycles. The van der Waals surface area contributed by atoms with Crippen LogP contribution in [0.2, 0.25) is 0 Å². The Balaban J connectivity index is 2.14. The summed E-state index contributed by atoms with van der Waals surface area (Å²) in [7, 11) is 1.39. The van der Waals surface area contributed by atoms with Crippen LogP contribution in [0.1, 0.15) is 5.56 Å². The minimum atomic E-state index is -1.06. The normalized spacial score (nSPS) is 12.0. The minimum absolute atomic E-state index is 0.151. The van der Waals surface area contributed by atoms with Gasteiger partial charge in [0.05, 0.1) is 0 Å². The molecule has 0 radical (unpaired) electrons. The lowest BCUT2D eigenvalue weighted by Crippen LogP contribution is -2.43. The van der Waals surface area contributed by atoms with Crippen molar-refractivity contribution >= 4 is 22.6 Å². The van der Waals surface area contributed by atoms with Crippen molar-refractivity contribution in [3.63, 3.8) is 0 Å². The van der Waals surface area contributed by atoms with Crippen molar-refractivity contribution in [2.45, 2.75) is 12.5 Å². The second-order valence-corrected chi connectivity index (χ2v) is 4.78. The topological polar surface area (TPSA) is 75.6 Å². The summed E-state index contributed by atoms with van der Waals surface area (Å²) in [6, 6.07) is 12.6. The zero-order valence-electron chi connectivity index (χ0n) is 11.7. The first-order valence-electron chi connectivity index (χ1n) is 6.59. The lowest BCUT2D eigenvalue weighted by atomic mass is 10.0. The van der Waals surface area contributed by atoms with Gasteiger partial charge in [0.1, 0.15) is 12.6 Å². The molecule has 0 spiro atoms. The number of fused-ring (bicyclic) bond motifs is 1. The van der Waals surface area contributed by atoms with Crippen LogP contribution in [-0.2, 0) is 20.7 Å². The van der Waals surface area contributed by atoms with Gasteiger partial charge in [0.25, 0.3) is 0 Å². The lowest BCUT2D eigenvalue weighted by molar-refractivity contribution is -0.142. The molecule has 1 amide bonds. The number of amides is 1. The average molecular weight is 287 g/mol. The van der Waals surface area contributed by atoms with Crippen LogP contribution in [0.3, 0.4) is 0 Å². The van der Waals surface area contributed by atoms with E-state index in [2.05, 4.69) is 10.1 Å². The zero-order chi connectivity index (χ0) is 15.2. The fourth-order valence-electron chi connectivity index (χ4n) is 2.17. The van der Waals surface area contributed by atoms with E-state index in [9.17, 15) is 14.7 Å². The van der Waals surface area contributed by atoms with Gasteiger partial charge in [0.15, 0.2) is 0 Å². The lowest BCUT2D eigenvalue weighted by Gasteiger charge is -2.14. The molecule has 2 N–H and O–H groups in total. The van der Waals surface area contributed by atoms with Gasteiger partial charge in [-0.15, -0.1) is 0 Å². The smallest absolute Gasteiger partial charge is 0.326 e. The van der Waals surface area contributed by atoms with Gasteiger partial charge in [-0.25, -0.2) is 4.79 Å². The van der Waals surface area contributed by atoms with Crippen molar-refractivity contribution in [3.8, 4) is 0 Å². The monoisotopic (exact) mass is 287 g/mol. The summed E-state index contributed by atoms with van der Waals surface area (Å²) < 4.78 is 4.69. The molecule has 0 aromatic heterocycles. The molecule has 5 heteroatoms. The van der Waals surface area contributed by atoms with E-state index in [1.54, 1.807) is 0 Å². The largest absolute Gasteiger partial charge is 0.480 e. The maximum absolute atomic E-state index is 11.5. The standard InChI is InChI=1S/C16H17NO4/c1-21-10-15(18)17-14(16(19)20)9-11-6-7-12-4-2-3-5-13(12)8-11/h2-8,14H,9-10H2,1H3,(H,17,18)(H,19,20)/t14-/m0/s1. The van der Waals surface area contributed by atoms with Crippen molar-refractivity contribution in [2.24, 2.45) is 0 Å². The Hall–Kier alpha value is -2.40. The first-order valence-corrected chi connectivity index (χ1v) is 6.59. The summed E-state index contributed by atoms with van der Waals surface area (Å²) in [6.07, 6.45) is 0.232. The minimum Gasteiger partial charge on any atom is -0.480 e. The predicted molar refractivity (Wildman–Crippen MR) is 79.1 cm³/mol. The summed E-state index contributed by atoms with van der Waals surface area (Å²) in [5.74, 6) is -1.50. The van der Waals surface area contributed by atoms with E-state index in [-0.39, 0.29) is 13.0 Å². The van der Waals surface area contributed by atoms with E-state index in [0.29, 0.717) is 0 Å². The molecule has 0 saturated heterocycles. The molecule has 0 unspecified atom stereocenters. The number of carbonyl (C=O) groups is 2. The number of hydrogen-bond acceptors (Lipinski definition) is 3. The highest BCUT2D eigenvalue weighted by atomic mass is 16.5. The van der Waals surface area contributed by atoms with E-state index in [1.165, 1.54) is 7.11 Å². The number of nitrogens with one attached hydrogen (secondary N) is 1. The third kappa shape index (κ3) is 4.03. The van der Waals surface area contributed by atoms with Gasteiger partial charge in [0, 0.05) is 13.5 Å². The first-order chi connectivity index (χ1) is 10.1. The van der Waals surface area contributed by atoms with Gasteiger partial charge in [-0.2, -0.15) is 0 Å². The Bertz CT molecular complexity index is 654. The van der Waals surface area contributed by atoms with Crippen LogP contribution in [0.15, 0.2) is 42.5 Å². The predicted octanol–water partition coefficient (Wildman–Crippen LogP) is 1.60. The molecule has 0 saturated carbocycles. The molecule has 0 aliphatic carbocycles. The Kier molecular flexibility index (Phi) is 4.90. The highest BCUT2D eigenvalue weighted by Crippen LogP contribution is 2.16. The first kappa shape index (κ1) is 15.0. The third-order valence-electron chi connectivity index (χ3n) is 3.16. The molecule has 0 fully saturated rings. The number of ether oxygens (including phenoxy) is 1. The van der Waals surface area contributed by atoms with E-state index in [4.69, 9.17) is 0 Å². The van der Waals surface area contributed by atoms with E-state index in [0.717, 1.165) is 16.3 Å². The number of carbonyl (C=O) groups excluding carboxylic acids is 1. The number of rotatable bonds is 6. The van der Waals surface area contributed by atoms with Crippen LogP contribution in [0, 0.1) is 0 Å². The maximum atomic E-state index is 11.5. The molecule has 2 aromatic rings. The number of hydrogen-bond donors (Lipinski definition) is 2. The molecule has 110 valence electrons. The second-order valence-electron chi connectivity index (χ2n) is 4.78. The van der Waals surface area contributed by atoms with Gasteiger partial charge >= 0.3 is 5.97 Å². The number of carboxylic acid groups (broad SMARTS) is 1. The molecule has 0 bridgehead atoms. The van der Waals surface area contributed by atoms with E-state index >= 15 is 0 Å². The number of aliphatic carboxylic acids is 1. The van der Waals surface area contributed by atoms with Crippen molar-refractivity contribution < 1.29 is 19.4 Å². The van der Waals surface area contributed by atoms with Crippen LogP contribution >= 0.6 is 0 Å².